The van der Waals surface area contributed by atoms with Crippen molar-refractivity contribution in [1.82, 2.24) is 15.2 Å². The third kappa shape index (κ3) is 5.36. The van der Waals surface area contributed by atoms with E-state index in [2.05, 4.69) is 36.4 Å². The van der Waals surface area contributed by atoms with E-state index in [0.717, 1.165) is 32.6 Å². The van der Waals surface area contributed by atoms with Gasteiger partial charge in [-0.25, -0.2) is 4.98 Å². The number of para-hydroxylation sites is 1. The van der Waals surface area contributed by atoms with Crippen molar-refractivity contribution in [3.8, 4) is 5.75 Å². The molecule has 8 heteroatoms. The lowest BCUT2D eigenvalue weighted by atomic mass is 10.1. The number of rotatable bonds is 7. The van der Waals surface area contributed by atoms with E-state index in [9.17, 15) is 4.79 Å². The van der Waals surface area contributed by atoms with Gasteiger partial charge in [-0.15, -0.1) is 5.10 Å². The van der Waals surface area contributed by atoms with Crippen LogP contribution in [0.5, 0.6) is 5.75 Å². The molecule has 0 fully saturated rings. The van der Waals surface area contributed by atoms with Crippen molar-refractivity contribution in [2.75, 3.05) is 11.1 Å². The third-order valence-electron chi connectivity index (χ3n) is 4.05. The molecule has 2 N–H and O–H groups in total. The number of benzene rings is 2. The smallest absolute Gasteiger partial charge is 0.234 e. The number of carbonyl (C=O) groups excluding carboxylic acids is 1. The van der Waals surface area contributed by atoms with Gasteiger partial charge in [0.2, 0.25) is 11.1 Å². The predicted molar refractivity (Wildman–Crippen MR) is 115 cm³/mol. The van der Waals surface area contributed by atoms with Gasteiger partial charge in [0.1, 0.15) is 12.4 Å². The topological polar surface area (TPSA) is 79.9 Å². The number of nitrogens with zero attached hydrogens (tertiary/aromatic N) is 2. The summed E-state index contributed by atoms with van der Waals surface area (Å²) in [6.07, 6.45) is 0. The molecule has 28 heavy (non-hydrogen) atoms. The molecule has 0 saturated heterocycles. The monoisotopic (exact) mass is 460 g/mol. The summed E-state index contributed by atoms with van der Waals surface area (Å²) in [7, 11) is 0. The maximum absolute atomic E-state index is 12.1. The summed E-state index contributed by atoms with van der Waals surface area (Å²) < 4.78 is 6.88. The largest absolute Gasteiger partial charge is 0.485 e. The van der Waals surface area contributed by atoms with Crippen molar-refractivity contribution in [2.45, 2.75) is 32.5 Å². The second-order valence-electron chi connectivity index (χ2n) is 6.38. The molecule has 6 nitrogen and oxygen atoms in total. The molecule has 0 aliphatic heterocycles. The number of aromatic amines is 1. The van der Waals surface area contributed by atoms with Crippen LogP contribution in [-0.4, -0.2) is 26.8 Å². The molecule has 0 unspecified atom stereocenters. The van der Waals surface area contributed by atoms with Crippen LogP contribution in [0.25, 0.3) is 0 Å². The average Bonchev–Trinajstić information content (AvgIpc) is 3.11. The van der Waals surface area contributed by atoms with Crippen molar-refractivity contribution < 1.29 is 9.53 Å². The standard InChI is InChI=1S/C20H21BrN4O2S/c1-12-5-4-6-13(2)19(12)27-10-17-23-20(25-24-17)28-11-18(26)22-15-7-8-16(21)14(3)9-15/h4-9H,10-11H2,1-3H3,(H,22,26)(H,23,24,25). The number of thioether (sulfide) groups is 1. The van der Waals surface area contributed by atoms with Gasteiger partial charge in [-0.2, -0.15) is 0 Å². The molecule has 0 bridgehead atoms. The first kappa shape index (κ1) is 20.4. The number of anilines is 1. The van der Waals surface area contributed by atoms with Gasteiger partial charge in [-0.1, -0.05) is 45.9 Å². The molecule has 1 heterocycles. The maximum atomic E-state index is 12.1. The molecule has 3 rings (SSSR count). The van der Waals surface area contributed by atoms with E-state index in [0.29, 0.717) is 17.6 Å². The van der Waals surface area contributed by atoms with Crippen molar-refractivity contribution in [1.29, 1.82) is 0 Å². The zero-order chi connectivity index (χ0) is 20.1. The van der Waals surface area contributed by atoms with Gasteiger partial charge >= 0.3 is 0 Å². The number of H-pyrrole nitrogens is 1. The number of nitrogens with one attached hydrogen (secondary N) is 2. The molecule has 0 aliphatic carbocycles. The molecular weight excluding hydrogens is 440 g/mol. The lowest BCUT2D eigenvalue weighted by Gasteiger charge is -2.10. The minimum absolute atomic E-state index is 0.107. The average molecular weight is 461 g/mol. The Morgan fingerprint density at radius 1 is 1.18 bits per heavy atom. The van der Waals surface area contributed by atoms with Crippen LogP contribution < -0.4 is 10.1 Å². The Balaban J connectivity index is 1.50. The van der Waals surface area contributed by atoms with Crippen molar-refractivity contribution in [3.05, 3.63) is 63.4 Å². The predicted octanol–water partition coefficient (Wildman–Crippen LogP) is 4.80. The van der Waals surface area contributed by atoms with Gasteiger partial charge < -0.3 is 10.1 Å². The normalized spacial score (nSPS) is 10.7. The van der Waals surface area contributed by atoms with E-state index in [1.807, 2.05) is 57.2 Å². The quantitative estimate of drug-likeness (QED) is 0.494. The summed E-state index contributed by atoms with van der Waals surface area (Å²) in [6.45, 7) is 6.29. The fraction of sp³-hybridized carbons (Fsp3) is 0.250. The Kier molecular flexibility index (Phi) is 6.74. The lowest BCUT2D eigenvalue weighted by molar-refractivity contribution is -0.113. The van der Waals surface area contributed by atoms with E-state index in [1.54, 1.807) is 0 Å². The first-order valence-electron chi connectivity index (χ1n) is 8.71. The number of aromatic nitrogens is 3. The molecule has 0 radical (unpaired) electrons. The van der Waals surface area contributed by atoms with Crippen LogP contribution in [0.1, 0.15) is 22.5 Å². The van der Waals surface area contributed by atoms with Crippen LogP contribution in [0.15, 0.2) is 46.0 Å². The van der Waals surface area contributed by atoms with Gasteiger partial charge in [0.15, 0.2) is 5.82 Å². The number of halogens is 1. The highest BCUT2D eigenvalue weighted by Gasteiger charge is 2.10. The Hall–Kier alpha value is -2.32. The summed E-state index contributed by atoms with van der Waals surface area (Å²) >= 11 is 4.72. The number of carbonyl (C=O) groups is 1. The lowest BCUT2D eigenvalue weighted by Crippen LogP contribution is -2.14. The molecule has 0 atom stereocenters. The van der Waals surface area contributed by atoms with Crippen molar-refractivity contribution >= 4 is 39.3 Å². The van der Waals surface area contributed by atoms with Crippen LogP contribution in [-0.2, 0) is 11.4 Å². The van der Waals surface area contributed by atoms with Gasteiger partial charge in [0.05, 0.1) is 5.75 Å². The Labute approximate surface area is 176 Å². The Morgan fingerprint density at radius 3 is 2.64 bits per heavy atom. The summed E-state index contributed by atoms with van der Waals surface area (Å²) in [5.41, 5.74) is 3.99. The molecule has 0 spiro atoms. The SMILES string of the molecule is Cc1cc(NC(=O)CSc2n[nH]c(COc3c(C)cccc3C)n2)ccc1Br. The summed E-state index contributed by atoms with van der Waals surface area (Å²) in [6, 6.07) is 11.7. The fourth-order valence-corrected chi connectivity index (χ4v) is 3.49. The van der Waals surface area contributed by atoms with E-state index in [1.165, 1.54) is 11.8 Å². The summed E-state index contributed by atoms with van der Waals surface area (Å²) in [4.78, 5) is 16.5. The Morgan fingerprint density at radius 2 is 1.93 bits per heavy atom. The van der Waals surface area contributed by atoms with E-state index < -0.39 is 0 Å². The number of aryl methyl sites for hydroxylation is 3. The van der Waals surface area contributed by atoms with Crippen LogP contribution in [0, 0.1) is 20.8 Å². The first-order chi connectivity index (χ1) is 13.4. The molecule has 2 aromatic carbocycles. The van der Waals surface area contributed by atoms with Crippen molar-refractivity contribution in [2.24, 2.45) is 0 Å². The van der Waals surface area contributed by atoms with Gasteiger partial charge in [-0.05, 0) is 55.7 Å². The van der Waals surface area contributed by atoms with Crippen molar-refractivity contribution in [3.63, 3.8) is 0 Å². The minimum atomic E-state index is -0.107. The van der Waals surface area contributed by atoms with Crippen LogP contribution in [0.4, 0.5) is 5.69 Å². The molecule has 0 aliphatic rings. The second-order valence-corrected chi connectivity index (χ2v) is 8.17. The Bertz CT molecular complexity index is 970. The van der Waals surface area contributed by atoms with Crippen LogP contribution in [0.2, 0.25) is 0 Å². The highest BCUT2D eigenvalue weighted by Crippen LogP contribution is 2.23. The number of hydrogen-bond donors (Lipinski definition) is 2. The van der Waals surface area contributed by atoms with E-state index in [4.69, 9.17) is 4.74 Å². The third-order valence-corrected chi connectivity index (χ3v) is 5.78. The fourth-order valence-electron chi connectivity index (χ4n) is 2.62. The van der Waals surface area contributed by atoms with E-state index >= 15 is 0 Å². The first-order valence-corrected chi connectivity index (χ1v) is 10.5. The minimum Gasteiger partial charge on any atom is -0.485 e. The maximum Gasteiger partial charge on any atom is 0.234 e. The summed E-state index contributed by atoms with van der Waals surface area (Å²) in [5, 5.41) is 10.4. The zero-order valence-electron chi connectivity index (χ0n) is 15.9. The molecule has 146 valence electrons. The molecule has 1 aromatic heterocycles. The van der Waals surface area contributed by atoms with E-state index in [-0.39, 0.29) is 11.7 Å². The number of hydrogen-bond acceptors (Lipinski definition) is 5. The van der Waals surface area contributed by atoms with Gasteiger partial charge in [0.25, 0.3) is 0 Å². The van der Waals surface area contributed by atoms with Crippen LogP contribution >= 0.6 is 27.7 Å². The molecule has 1 amide bonds. The van der Waals surface area contributed by atoms with Gasteiger partial charge in [0, 0.05) is 10.2 Å². The number of ether oxygens (including phenoxy) is 1. The number of amides is 1. The van der Waals surface area contributed by atoms with Gasteiger partial charge in [-0.3, -0.25) is 9.89 Å². The highest BCUT2D eigenvalue weighted by molar-refractivity contribution is 9.10. The summed E-state index contributed by atoms with van der Waals surface area (Å²) in [5.74, 6) is 1.60. The molecule has 3 aromatic rings. The zero-order valence-corrected chi connectivity index (χ0v) is 18.3. The highest BCUT2D eigenvalue weighted by atomic mass is 79.9. The molecule has 0 saturated carbocycles. The second kappa shape index (κ2) is 9.25. The van der Waals surface area contributed by atoms with Crippen LogP contribution in [0.3, 0.4) is 0 Å². The molecular formula is C20H21BrN4O2S.